The molecule has 20 heteroatoms. The topological polar surface area (TPSA) is 280 Å². The van der Waals surface area contributed by atoms with E-state index in [1.807, 2.05) is 31.2 Å². The van der Waals surface area contributed by atoms with Crippen molar-refractivity contribution in [2.75, 3.05) is 26.2 Å². The summed E-state index contributed by atoms with van der Waals surface area (Å²) in [6.45, 7) is 0.450. The summed E-state index contributed by atoms with van der Waals surface area (Å²) in [7, 11) is -21.9. The van der Waals surface area contributed by atoms with Crippen LogP contribution < -0.4 is 18.9 Å². The Morgan fingerprint density at radius 1 is 0.434 bits per heavy atom. The van der Waals surface area contributed by atoms with Crippen LogP contribution in [-0.4, -0.2) is 68.5 Å². The van der Waals surface area contributed by atoms with Crippen LogP contribution in [0.5, 0.6) is 0 Å². The van der Waals surface area contributed by atoms with Gasteiger partial charge in [0, 0.05) is 51.9 Å². The predicted molar refractivity (Wildman–Crippen MR) is 204 cm³/mol. The van der Waals surface area contributed by atoms with E-state index in [-0.39, 0.29) is 64.3 Å². The summed E-state index contributed by atoms with van der Waals surface area (Å²) in [5.41, 5.74) is 0. The van der Waals surface area contributed by atoms with Gasteiger partial charge in [-0.25, -0.2) is 52.6 Å². The molecule has 0 aliphatic heterocycles. The van der Waals surface area contributed by atoms with Crippen LogP contribution in [0.2, 0.25) is 0 Å². The molecule has 1 unspecified atom stereocenters. The van der Waals surface area contributed by atoms with Gasteiger partial charge in [0.15, 0.2) is 0 Å². The Balaban J connectivity index is 7.50. The maximum absolute atomic E-state index is 14.7. The first-order chi connectivity index (χ1) is 25.2. The zero-order valence-corrected chi connectivity index (χ0v) is 34.4. The molecule has 0 amide bonds. The maximum atomic E-state index is 14.7. The molecule has 0 aliphatic rings. The molecule has 0 radical (unpaired) electrons. The third-order valence-electron chi connectivity index (χ3n) is 8.50. The number of nitrogens with one attached hydrogen (secondary N) is 4. The lowest BCUT2D eigenvalue weighted by molar-refractivity contribution is 0.489. The van der Waals surface area contributed by atoms with Crippen molar-refractivity contribution in [1.82, 2.24) is 18.9 Å². The van der Waals surface area contributed by atoms with E-state index in [0.717, 1.165) is 12.8 Å². The Hall–Kier alpha value is -2.40. The van der Waals surface area contributed by atoms with Gasteiger partial charge in [-0.3, -0.25) is 0 Å². The maximum Gasteiger partial charge on any atom is 0.330 e. The van der Waals surface area contributed by atoms with Crippen LogP contribution in [0.3, 0.4) is 0 Å². The molecule has 0 aromatic rings. The van der Waals surface area contributed by atoms with Gasteiger partial charge in [-0.15, -0.1) is 0 Å². The highest BCUT2D eigenvalue weighted by molar-refractivity contribution is 8.25. The Bertz CT molecular complexity index is 1510. The van der Waals surface area contributed by atoms with Crippen LogP contribution in [0.1, 0.15) is 148 Å². The summed E-state index contributed by atoms with van der Waals surface area (Å²) in [4.78, 5) is 0. The first-order valence-electron chi connectivity index (χ1n) is 18.6. The molecule has 0 bridgehead atoms. The van der Waals surface area contributed by atoms with E-state index < -0.39 is 74.8 Å². The molecule has 0 aromatic heterocycles. The van der Waals surface area contributed by atoms with Crippen molar-refractivity contribution >= 4 is 40.1 Å². The minimum absolute atomic E-state index is 0.00648. The first kappa shape index (κ1) is 50.6. The second kappa shape index (κ2) is 28.1. The standard InChI is InChI=1S/C33H60N8O8S4/c1-2-3-4-5-14-23-32(50(42,43)38-28-19-10-6-15-24-34)33(51(44,45)39-29-20-11-7-16-25-35,52(46,47)40-30-21-12-8-17-26-36)53(48,49)41-31-22-13-9-18-27-37/h32,38-41H,2-23,28-31H2,1H3. The highest BCUT2D eigenvalue weighted by Crippen LogP contribution is 2.40. The highest BCUT2D eigenvalue weighted by Gasteiger charge is 2.72. The molecular weight excluding hydrogens is 765 g/mol. The molecule has 53 heavy (non-hydrogen) atoms. The molecular formula is C33H60N8O8S4. The van der Waals surface area contributed by atoms with E-state index in [0.29, 0.717) is 64.2 Å². The van der Waals surface area contributed by atoms with Gasteiger partial charge in [0.05, 0.1) is 24.3 Å². The number of hydrogen-bond donors (Lipinski definition) is 4. The van der Waals surface area contributed by atoms with Crippen molar-refractivity contribution in [3.8, 4) is 24.3 Å². The molecule has 0 spiro atoms. The van der Waals surface area contributed by atoms with Gasteiger partial charge >= 0.3 is 3.41 Å². The number of nitriles is 4. The largest absolute Gasteiger partial charge is 0.330 e. The van der Waals surface area contributed by atoms with Crippen LogP contribution in [0.4, 0.5) is 0 Å². The van der Waals surface area contributed by atoms with Crippen molar-refractivity contribution in [3.05, 3.63) is 0 Å². The van der Waals surface area contributed by atoms with Crippen molar-refractivity contribution < 1.29 is 33.7 Å². The second-order valence-corrected chi connectivity index (χ2v) is 21.3. The summed E-state index contributed by atoms with van der Waals surface area (Å²) < 4.78 is 121. The minimum atomic E-state index is -5.62. The van der Waals surface area contributed by atoms with Crippen LogP contribution >= 0.6 is 0 Å². The summed E-state index contributed by atoms with van der Waals surface area (Å²) in [5.74, 6) is 0. The zero-order chi connectivity index (χ0) is 40.1. The molecule has 0 fully saturated rings. The van der Waals surface area contributed by atoms with Gasteiger partial charge < -0.3 is 0 Å². The van der Waals surface area contributed by atoms with E-state index in [4.69, 9.17) is 21.0 Å². The van der Waals surface area contributed by atoms with Crippen molar-refractivity contribution in [1.29, 1.82) is 21.0 Å². The average Bonchev–Trinajstić information content (AvgIpc) is 3.09. The van der Waals surface area contributed by atoms with Gasteiger partial charge in [-0.05, 0) is 57.8 Å². The van der Waals surface area contributed by atoms with Crippen molar-refractivity contribution in [3.63, 3.8) is 0 Å². The molecule has 0 aliphatic carbocycles. The van der Waals surface area contributed by atoms with E-state index in [9.17, 15) is 33.7 Å². The molecule has 0 saturated heterocycles. The lowest BCUT2D eigenvalue weighted by atomic mass is 10.1. The number of rotatable bonds is 35. The Morgan fingerprint density at radius 2 is 0.736 bits per heavy atom. The van der Waals surface area contributed by atoms with Crippen molar-refractivity contribution in [2.45, 2.75) is 157 Å². The first-order valence-corrected chi connectivity index (χ1v) is 24.6. The highest BCUT2D eigenvalue weighted by atomic mass is 32.3. The molecule has 0 rings (SSSR count). The fourth-order valence-electron chi connectivity index (χ4n) is 5.67. The fourth-order valence-corrected chi connectivity index (χ4v) is 17.2. The SMILES string of the molecule is CCCCCCCC(C(S(=O)(=O)NCCCCCC#N)(S(=O)(=O)NCCCCCC#N)S(=O)(=O)NCCCCCC#N)S(=O)(=O)NCCCCCC#N. The van der Waals surface area contributed by atoms with E-state index in [1.165, 1.54) is 0 Å². The van der Waals surface area contributed by atoms with Gasteiger partial charge in [0.25, 0.3) is 30.1 Å². The second-order valence-electron chi connectivity index (χ2n) is 12.8. The number of unbranched alkanes of at least 4 members (excludes halogenated alkanes) is 16. The molecule has 0 aromatic carbocycles. The molecule has 4 N–H and O–H groups in total. The third-order valence-corrected chi connectivity index (χ3v) is 19.7. The van der Waals surface area contributed by atoms with Crippen molar-refractivity contribution in [2.24, 2.45) is 0 Å². The quantitative estimate of drug-likeness (QED) is 0.0648. The molecule has 1 atom stereocenters. The normalized spacial score (nSPS) is 13.1. The lowest BCUT2D eigenvalue weighted by Gasteiger charge is -2.38. The summed E-state index contributed by atoms with van der Waals surface area (Å²) in [6.07, 6.45) is 6.58. The monoisotopic (exact) mass is 824 g/mol. The number of sulfonamides is 4. The molecule has 16 nitrogen and oxygen atoms in total. The Kier molecular flexibility index (Phi) is 26.8. The van der Waals surface area contributed by atoms with E-state index >= 15 is 0 Å². The van der Waals surface area contributed by atoms with E-state index in [2.05, 4.69) is 18.9 Å². The van der Waals surface area contributed by atoms with Gasteiger partial charge in [0.2, 0.25) is 10.0 Å². The predicted octanol–water partition coefficient (Wildman–Crippen LogP) is 4.38. The van der Waals surface area contributed by atoms with Crippen LogP contribution in [0, 0.1) is 45.3 Å². The van der Waals surface area contributed by atoms with Gasteiger partial charge in [-0.2, -0.15) is 21.0 Å². The minimum Gasteiger partial charge on any atom is -0.215 e. The van der Waals surface area contributed by atoms with E-state index in [1.54, 1.807) is 0 Å². The number of hydrogen-bond acceptors (Lipinski definition) is 12. The molecule has 304 valence electrons. The van der Waals surface area contributed by atoms with Gasteiger partial charge in [0.1, 0.15) is 5.25 Å². The Morgan fingerprint density at radius 3 is 1.06 bits per heavy atom. The van der Waals surface area contributed by atoms with Crippen LogP contribution in [0.15, 0.2) is 0 Å². The fraction of sp³-hybridized carbons (Fsp3) is 0.879. The lowest BCUT2D eigenvalue weighted by Crippen LogP contribution is -2.71. The van der Waals surface area contributed by atoms with Crippen LogP contribution in [-0.2, 0) is 40.1 Å². The summed E-state index contributed by atoms with van der Waals surface area (Å²) in [6, 6.07) is 7.90. The number of nitrogens with zero attached hydrogens (tertiary/aromatic N) is 4. The van der Waals surface area contributed by atoms with Crippen LogP contribution in [0.25, 0.3) is 0 Å². The Labute approximate surface area is 319 Å². The smallest absolute Gasteiger partial charge is 0.215 e. The summed E-state index contributed by atoms with van der Waals surface area (Å²) in [5, 5.41) is 32.9. The average molecular weight is 825 g/mol. The van der Waals surface area contributed by atoms with Gasteiger partial charge in [-0.1, -0.05) is 64.7 Å². The molecule has 0 heterocycles. The third kappa shape index (κ3) is 17.7. The summed E-state index contributed by atoms with van der Waals surface area (Å²) >= 11 is 0. The zero-order valence-electron chi connectivity index (χ0n) is 31.1. The molecule has 0 saturated carbocycles.